The highest BCUT2D eigenvalue weighted by Crippen LogP contribution is 2.36. The molecule has 0 saturated carbocycles. The molecule has 5 rings (SSSR count). The fourth-order valence-corrected chi connectivity index (χ4v) is 4.51. The molecule has 5 heteroatoms. The largest absolute Gasteiger partial charge is 0.330 e. The third-order valence-corrected chi connectivity index (χ3v) is 6.06. The van der Waals surface area contributed by atoms with Crippen LogP contribution in [0.2, 0.25) is 0 Å². The number of carbonyl (C=O) groups is 2. The Morgan fingerprint density at radius 3 is 2.38 bits per heavy atom. The van der Waals surface area contributed by atoms with Crippen molar-refractivity contribution >= 4 is 28.3 Å². The van der Waals surface area contributed by atoms with Gasteiger partial charge in [-0.3, -0.25) is 14.5 Å². The Hall–Kier alpha value is -3.18. The topological polar surface area (TPSA) is 45.1 Å². The minimum Gasteiger partial charge on any atom is -0.330 e. The first-order chi connectivity index (χ1) is 14.2. The summed E-state index contributed by atoms with van der Waals surface area (Å²) in [6, 6.07) is 22.1. The molecule has 3 aromatic rings. The van der Waals surface area contributed by atoms with Crippen LogP contribution in [0.4, 0.5) is 5.69 Å². The molecule has 2 heterocycles. The minimum atomic E-state index is -0.0708. The number of benzene rings is 3. The Bertz CT molecular complexity index is 1070. The van der Waals surface area contributed by atoms with Crippen LogP contribution in [0.3, 0.4) is 0 Å². The zero-order chi connectivity index (χ0) is 19.8. The number of anilines is 1. The number of carbonyl (C=O) groups excluding carboxylic acids is 2. The van der Waals surface area contributed by atoms with Gasteiger partial charge in [0, 0.05) is 16.5 Å². The van der Waals surface area contributed by atoms with Crippen LogP contribution in [0.25, 0.3) is 10.8 Å². The summed E-state index contributed by atoms with van der Waals surface area (Å²) >= 11 is 0. The lowest BCUT2D eigenvalue weighted by Gasteiger charge is -2.33. The number of quaternary nitrogens is 1. The average Bonchev–Trinajstić information content (AvgIpc) is 3.03. The summed E-state index contributed by atoms with van der Waals surface area (Å²) in [5.74, 6) is -0.0413. The lowest BCUT2D eigenvalue weighted by atomic mass is 10.1. The van der Waals surface area contributed by atoms with Gasteiger partial charge in [-0.2, -0.15) is 0 Å². The smallest absolute Gasteiger partial charge is 0.259 e. The molecule has 1 fully saturated rings. The van der Waals surface area contributed by atoms with Gasteiger partial charge in [0.05, 0.1) is 31.9 Å². The molecule has 0 spiro atoms. The summed E-state index contributed by atoms with van der Waals surface area (Å²) in [7, 11) is 0. The van der Waals surface area contributed by atoms with Crippen LogP contribution in [0.15, 0.2) is 66.7 Å². The first-order valence-corrected chi connectivity index (χ1v) is 10.2. The molecule has 2 amide bonds. The van der Waals surface area contributed by atoms with Gasteiger partial charge < -0.3 is 9.80 Å². The van der Waals surface area contributed by atoms with Crippen molar-refractivity contribution in [2.45, 2.75) is 6.54 Å². The Labute approximate surface area is 170 Å². The van der Waals surface area contributed by atoms with E-state index in [1.54, 1.807) is 4.90 Å². The Morgan fingerprint density at radius 2 is 1.62 bits per heavy atom. The number of hydrogen-bond acceptors (Lipinski definition) is 2. The minimum absolute atomic E-state index is 0.0296. The molecule has 5 nitrogen and oxygen atoms in total. The highest BCUT2D eigenvalue weighted by atomic mass is 16.2. The molecule has 0 radical (unpaired) electrons. The fourth-order valence-electron chi connectivity index (χ4n) is 4.51. The van der Waals surface area contributed by atoms with Crippen molar-refractivity contribution in [3.8, 4) is 0 Å². The van der Waals surface area contributed by atoms with E-state index in [1.807, 2.05) is 47.4 Å². The zero-order valence-electron chi connectivity index (χ0n) is 16.3. The van der Waals surface area contributed by atoms with Crippen molar-refractivity contribution in [3.63, 3.8) is 0 Å². The average molecular weight is 386 g/mol. The highest BCUT2D eigenvalue weighted by Gasteiger charge is 2.33. The number of nitrogens with one attached hydrogen (secondary N) is 1. The summed E-state index contributed by atoms with van der Waals surface area (Å²) in [5, 5.41) is 2.01. The van der Waals surface area contributed by atoms with Gasteiger partial charge >= 0.3 is 0 Å². The van der Waals surface area contributed by atoms with Crippen LogP contribution in [0.5, 0.6) is 0 Å². The van der Waals surface area contributed by atoms with Gasteiger partial charge in [0.25, 0.3) is 5.91 Å². The lowest BCUT2D eigenvalue weighted by molar-refractivity contribution is -0.917. The normalized spacial score (nSPS) is 16.6. The SMILES string of the molecule is O=C(CN1C(=O)c2cccc3cccc1c23)N1CC[NH+](Cc2ccccc2)CC1. The Kier molecular flexibility index (Phi) is 4.52. The Morgan fingerprint density at radius 1 is 0.897 bits per heavy atom. The molecule has 0 atom stereocenters. The predicted octanol–water partition coefficient (Wildman–Crippen LogP) is 1.73. The monoisotopic (exact) mass is 386 g/mol. The van der Waals surface area contributed by atoms with E-state index >= 15 is 0 Å². The molecule has 0 aliphatic carbocycles. The summed E-state index contributed by atoms with van der Waals surface area (Å²) in [4.78, 5) is 30.9. The van der Waals surface area contributed by atoms with Crippen LogP contribution in [0, 0.1) is 0 Å². The molecule has 0 aromatic heterocycles. The van der Waals surface area contributed by atoms with Crippen LogP contribution >= 0.6 is 0 Å². The van der Waals surface area contributed by atoms with Gasteiger partial charge in [-0.25, -0.2) is 0 Å². The van der Waals surface area contributed by atoms with Crippen molar-refractivity contribution in [1.29, 1.82) is 0 Å². The molecule has 1 N–H and O–H groups in total. The van der Waals surface area contributed by atoms with Gasteiger partial charge in [-0.05, 0) is 17.5 Å². The van der Waals surface area contributed by atoms with E-state index in [1.165, 1.54) is 10.5 Å². The fraction of sp³-hybridized carbons (Fsp3) is 0.250. The third kappa shape index (κ3) is 3.28. The summed E-state index contributed by atoms with van der Waals surface area (Å²) in [6.07, 6.45) is 0. The predicted molar refractivity (Wildman–Crippen MR) is 113 cm³/mol. The zero-order valence-corrected chi connectivity index (χ0v) is 16.3. The van der Waals surface area contributed by atoms with E-state index in [4.69, 9.17) is 0 Å². The molecule has 0 bridgehead atoms. The lowest BCUT2D eigenvalue weighted by Crippen LogP contribution is -3.13. The molecule has 2 aliphatic rings. The van der Waals surface area contributed by atoms with Gasteiger partial charge in [0.2, 0.25) is 5.91 Å². The molecule has 3 aromatic carbocycles. The molecule has 2 aliphatic heterocycles. The van der Waals surface area contributed by atoms with Gasteiger partial charge in [-0.1, -0.05) is 54.6 Å². The van der Waals surface area contributed by atoms with Gasteiger partial charge in [-0.15, -0.1) is 0 Å². The van der Waals surface area contributed by atoms with Crippen LogP contribution in [0.1, 0.15) is 15.9 Å². The van der Waals surface area contributed by atoms with Crippen molar-refractivity contribution in [2.75, 3.05) is 37.6 Å². The van der Waals surface area contributed by atoms with Crippen LogP contribution < -0.4 is 9.80 Å². The number of piperazine rings is 1. The second-order valence-corrected chi connectivity index (χ2v) is 7.87. The first-order valence-electron chi connectivity index (χ1n) is 10.2. The molecule has 29 heavy (non-hydrogen) atoms. The van der Waals surface area contributed by atoms with E-state index in [-0.39, 0.29) is 18.4 Å². The number of nitrogens with zero attached hydrogens (tertiary/aromatic N) is 2. The van der Waals surface area contributed by atoms with E-state index in [2.05, 4.69) is 24.3 Å². The maximum Gasteiger partial charge on any atom is 0.259 e. The molecule has 1 saturated heterocycles. The van der Waals surface area contributed by atoms with Crippen molar-refractivity contribution in [3.05, 3.63) is 77.9 Å². The maximum absolute atomic E-state index is 13.0. The quantitative estimate of drug-likeness (QED) is 0.742. The third-order valence-electron chi connectivity index (χ3n) is 6.06. The second kappa shape index (κ2) is 7.33. The van der Waals surface area contributed by atoms with E-state index in [0.717, 1.165) is 49.2 Å². The highest BCUT2D eigenvalue weighted by molar-refractivity contribution is 6.26. The van der Waals surface area contributed by atoms with Gasteiger partial charge in [0.15, 0.2) is 0 Å². The Balaban J connectivity index is 1.24. The van der Waals surface area contributed by atoms with Crippen molar-refractivity contribution < 1.29 is 14.5 Å². The standard InChI is InChI=1S/C24H23N3O2/c28-22(26-14-12-25(13-15-26)16-18-6-2-1-3-7-18)17-27-21-11-5-9-19-8-4-10-20(23(19)21)24(27)29/h1-11H,12-17H2/p+1. The van der Waals surface area contributed by atoms with E-state index in [9.17, 15) is 9.59 Å². The van der Waals surface area contributed by atoms with E-state index in [0.29, 0.717) is 5.56 Å². The number of rotatable bonds is 4. The molecule has 146 valence electrons. The van der Waals surface area contributed by atoms with Crippen LogP contribution in [-0.4, -0.2) is 49.4 Å². The van der Waals surface area contributed by atoms with Gasteiger partial charge in [0.1, 0.15) is 13.1 Å². The molecule has 0 unspecified atom stereocenters. The summed E-state index contributed by atoms with van der Waals surface area (Å²) in [5.41, 5.74) is 2.88. The van der Waals surface area contributed by atoms with E-state index < -0.39 is 0 Å². The molecular formula is C24H24N3O2+. The van der Waals surface area contributed by atoms with Crippen molar-refractivity contribution in [2.24, 2.45) is 0 Å². The number of amides is 2. The first kappa shape index (κ1) is 17.9. The second-order valence-electron chi connectivity index (χ2n) is 7.87. The summed E-state index contributed by atoms with van der Waals surface area (Å²) in [6.45, 7) is 4.45. The van der Waals surface area contributed by atoms with Crippen LogP contribution in [-0.2, 0) is 11.3 Å². The number of hydrogen-bond donors (Lipinski definition) is 1. The maximum atomic E-state index is 13.0. The molecular weight excluding hydrogens is 362 g/mol. The van der Waals surface area contributed by atoms with Crippen molar-refractivity contribution in [1.82, 2.24) is 4.90 Å². The summed E-state index contributed by atoms with van der Waals surface area (Å²) < 4.78 is 0.